The van der Waals surface area contributed by atoms with E-state index in [4.69, 9.17) is 4.74 Å². The minimum Gasteiger partial charge on any atom is -0.457 e. The summed E-state index contributed by atoms with van der Waals surface area (Å²) in [7, 11) is 0. The van der Waals surface area contributed by atoms with Gasteiger partial charge in [-0.05, 0) is 31.7 Å². The highest BCUT2D eigenvalue weighted by Crippen LogP contribution is 2.22. The molecular weight excluding hydrogens is 252 g/mol. The molecule has 2 aromatic rings. The molecule has 4 heteroatoms. The maximum Gasteiger partial charge on any atom is 0.342 e. The highest BCUT2D eigenvalue weighted by atomic mass is 16.5. The molecule has 0 saturated heterocycles. The highest BCUT2D eigenvalue weighted by Gasteiger charge is 2.24. The Morgan fingerprint density at radius 2 is 2.10 bits per heavy atom. The number of hydrogen-bond acceptors (Lipinski definition) is 3. The first-order chi connectivity index (χ1) is 9.75. The molecule has 0 fully saturated rings. The zero-order valence-corrected chi connectivity index (χ0v) is 11.6. The SMILES string of the molecule is Cc1nn2c(c1C(=O)OCc1ccccc1)CCCC2. The van der Waals surface area contributed by atoms with Gasteiger partial charge in [0, 0.05) is 6.54 Å². The molecule has 0 unspecified atom stereocenters. The number of aryl methyl sites for hydroxylation is 2. The van der Waals surface area contributed by atoms with Crippen LogP contribution in [-0.2, 0) is 24.3 Å². The topological polar surface area (TPSA) is 44.1 Å². The first-order valence-corrected chi connectivity index (χ1v) is 7.03. The van der Waals surface area contributed by atoms with Crippen molar-refractivity contribution in [3.63, 3.8) is 0 Å². The third-order valence-electron chi connectivity index (χ3n) is 3.68. The van der Waals surface area contributed by atoms with Crippen molar-refractivity contribution in [1.82, 2.24) is 9.78 Å². The monoisotopic (exact) mass is 270 g/mol. The van der Waals surface area contributed by atoms with Gasteiger partial charge in [0.1, 0.15) is 12.2 Å². The van der Waals surface area contributed by atoms with Crippen LogP contribution in [0.3, 0.4) is 0 Å². The van der Waals surface area contributed by atoms with Crippen LogP contribution in [0, 0.1) is 6.92 Å². The fourth-order valence-electron chi connectivity index (χ4n) is 2.68. The van der Waals surface area contributed by atoms with E-state index < -0.39 is 0 Å². The first-order valence-electron chi connectivity index (χ1n) is 7.03. The Bertz CT molecular complexity index is 617. The Balaban J connectivity index is 1.76. The smallest absolute Gasteiger partial charge is 0.342 e. The molecule has 2 heterocycles. The van der Waals surface area contributed by atoms with E-state index in [1.807, 2.05) is 41.9 Å². The lowest BCUT2D eigenvalue weighted by Crippen LogP contribution is -2.15. The Morgan fingerprint density at radius 1 is 1.30 bits per heavy atom. The van der Waals surface area contributed by atoms with Crippen LogP contribution in [0.2, 0.25) is 0 Å². The second-order valence-corrected chi connectivity index (χ2v) is 5.15. The number of ether oxygens (including phenoxy) is 1. The summed E-state index contributed by atoms with van der Waals surface area (Å²) in [6.07, 6.45) is 3.16. The molecule has 1 aliphatic heterocycles. The lowest BCUT2D eigenvalue weighted by atomic mass is 10.1. The standard InChI is InChI=1S/C16H18N2O2/c1-12-15(14-9-5-6-10-18(14)17-12)16(19)20-11-13-7-3-2-4-8-13/h2-4,7-8H,5-6,9-11H2,1H3. The summed E-state index contributed by atoms with van der Waals surface area (Å²) < 4.78 is 7.38. The third-order valence-corrected chi connectivity index (χ3v) is 3.68. The van der Waals surface area contributed by atoms with Gasteiger partial charge in [-0.25, -0.2) is 4.79 Å². The molecular formula is C16H18N2O2. The second-order valence-electron chi connectivity index (χ2n) is 5.15. The number of carbonyl (C=O) groups is 1. The van der Waals surface area contributed by atoms with Crippen molar-refractivity contribution in [3.8, 4) is 0 Å². The van der Waals surface area contributed by atoms with Gasteiger partial charge >= 0.3 is 5.97 Å². The minimum absolute atomic E-state index is 0.255. The molecule has 0 spiro atoms. The van der Waals surface area contributed by atoms with Crippen LogP contribution >= 0.6 is 0 Å². The van der Waals surface area contributed by atoms with Crippen molar-refractivity contribution < 1.29 is 9.53 Å². The number of fused-ring (bicyclic) bond motifs is 1. The van der Waals surface area contributed by atoms with Crippen LogP contribution in [0.15, 0.2) is 30.3 Å². The van der Waals surface area contributed by atoms with E-state index >= 15 is 0 Å². The van der Waals surface area contributed by atoms with Crippen LogP contribution < -0.4 is 0 Å². The van der Waals surface area contributed by atoms with Crippen LogP contribution in [0.1, 0.15) is 40.2 Å². The average Bonchev–Trinajstić information content (AvgIpc) is 2.82. The first kappa shape index (κ1) is 12.9. The number of rotatable bonds is 3. The van der Waals surface area contributed by atoms with E-state index in [1.54, 1.807) is 0 Å². The number of benzene rings is 1. The lowest BCUT2D eigenvalue weighted by molar-refractivity contribution is 0.0470. The van der Waals surface area contributed by atoms with Gasteiger partial charge in [-0.2, -0.15) is 5.10 Å². The van der Waals surface area contributed by atoms with E-state index in [2.05, 4.69) is 5.10 Å². The number of nitrogens with zero attached hydrogens (tertiary/aromatic N) is 2. The molecule has 0 atom stereocenters. The van der Waals surface area contributed by atoms with Crippen molar-refractivity contribution in [1.29, 1.82) is 0 Å². The van der Waals surface area contributed by atoms with E-state index in [9.17, 15) is 4.79 Å². The molecule has 1 aromatic heterocycles. The minimum atomic E-state index is -0.255. The van der Waals surface area contributed by atoms with Gasteiger partial charge in [0.05, 0.1) is 11.4 Å². The number of aromatic nitrogens is 2. The van der Waals surface area contributed by atoms with Crippen LogP contribution in [0.5, 0.6) is 0 Å². The summed E-state index contributed by atoms with van der Waals surface area (Å²) >= 11 is 0. The maximum atomic E-state index is 12.3. The fourth-order valence-corrected chi connectivity index (χ4v) is 2.68. The molecule has 0 aliphatic carbocycles. The Hall–Kier alpha value is -2.10. The van der Waals surface area contributed by atoms with Gasteiger partial charge in [-0.3, -0.25) is 4.68 Å². The molecule has 0 N–H and O–H groups in total. The predicted octanol–water partition coefficient (Wildman–Crippen LogP) is 2.88. The quantitative estimate of drug-likeness (QED) is 0.805. The molecule has 0 amide bonds. The molecule has 4 nitrogen and oxygen atoms in total. The van der Waals surface area contributed by atoms with Crippen LogP contribution in [0.25, 0.3) is 0 Å². The molecule has 3 rings (SSSR count). The van der Waals surface area contributed by atoms with E-state index in [0.717, 1.165) is 42.8 Å². The molecule has 0 bridgehead atoms. The third kappa shape index (κ3) is 2.46. The average molecular weight is 270 g/mol. The van der Waals surface area contributed by atoms with Gasteiger partial charge in [-0.1, -0.05) is 30.3 Å². The summed E-state index contributed by atoms with van der Waals surface area (Å²) in [6.45, 7) is 3.09. The largest absolute Gasteiger partial charge is 0.457 e. The molecule has 20 heavy (non-hydrogen) atoms. The molecule has 104 valence electrons. The van der Waals surface area contributed by atoms with Gasteiger partial charge in [0.15, 0.2) is 0 Å². The summed E-state index contributed by atoms with van der Waals surface area (Å²) in [5.41, 5.74) is 3.48. The van der Waals surface area contributed by atoms with Gasteiger partial charge < -0.3 is 4.74 Å². The summed E-state index contributed by atoms with van der Waals surface area (Å²) in [5.74, 6) is -0.255. The van der Waals surface area contributed by atoms with Crippen LogP contribution in [0.4, 0.5) is 0 Å². The van der Waals surface area contributed by atoms with Gasteiger partial charge in [0.2, 0.25) is 0 Å². The summed E-state index contributed by atoms with van der Waals surface area (Å²) in [6, 6.07) is 9.73. The Kier molecular flexibility index (Phi) is 3.54. The number of esters is 1. The van der Waals surface area contributed by atoms with Gasteiger partial charge in [0.25, 0.3) is 0 Å². The number of carbonyl (C=O) groups excluding carboxylic acids is 1. The van der Waals surface area contributed by atoms with Crippen molar-refractivity contribution >= 4 is 5.97 Å². The Morgan fingerprint density at radius 3 is 2.90 bits per heavy atom. The molecule has 1 aromatic carbocycles. The number of hydrogen-bond donors (Lipinski definition) is 0. The van der Waals surface area contributed by atoms with E-state index in [-0.39, 0.29) is 5.97 Å². The predicted molar refractivity (Wildman–Crippen MR) is 75.5 cm³/mol. The summed E-state index contributed by atoms with van der Waals surface area (Å²) in [4.78, 5) is 12.3. The van der Waals surface area contributed by atoms with Crippen molar-refractivity contribution in [2.24, 2.45) is 0 Å². The molecule has 0 radical (unpaired) electrons. The van der Waals surface area contributed by atoms with Crippen molar-refractivity contribution in [2.75, 3.05) is 0 Å². The van der Waals surface area contributed by atoms with Crippen molar-refractivity contribution in [2.45, 2.75) is 39.3 Å². The molecule has 1 aliphatic rings. The molecule has 0 saturated carbocycles. The summed E-state index contributed by atoms with van der Waals surface area (Å²) in [5, 5.41) is 4.44. The zero-order chi connectivity index (χ0) is 13.9. The normalized spacial score (nSPS) is 13.8. The lowest BCUT2D eigenvalue weighted by Gasteiger charge is -2.14. The van der Waals surface area contributed by atoms with Gasteiger partial charge in [-0.15, -0.1) is 0 Å². The van der Waals surface area contributed by atoms with E-state index in [0.29, 0.717) is 12.2 Å². The van der Waals surface area contributed by atoms with Crippen molar-refractivity contribution in [3.05, 3.63) is 52.8 Å². The zero-order valence-electron chi connectivity index (χ0n) is 11.6. The second kappa shape index (κ2) is 5.49. The van der Waals surface area contributed by atoms with Crippen LogP contribution in [-0.4, -0.2) is 15.7 Å². The Labute approximate surface area is 118 Å². The fraction of sp³-hybridized carbons (Fsp3) is 0.375. The maximum absolute atomic E-state index is 12.3. The highest BCUT2D eigenvalue weighted by molar-refractivity contribution is 5.92. The van der Waals surface area contributed by atoms with E-state index in [1.165, 1.54) is 0 Å².